The van der Waals surface area contributed by atoms with Gasteiger partial charge in [-0.2, -0.15) is 0 Å². The number of ether oxygens (including phenoxy) is 2. The molecule has 0 bridgehead atoms. The first kappa shape index (κ1) is 16.0. The Morgan fingerprint density at radius 2 is 2.00 bits per heavy atom. The molecule has 0 aliphatic carbocycles. The van der Waals surface area contributed by atoms with Crippen molar-refractivity contribution in [1.82, 2.24) is 4.90 Å². The molecule has 21 heavy (non-hydrogen) atoms. The number of nitrogens with zero attached hydrogens (tertiary/aromatic N) is 1. The smallest absolute Gasteiger partial charge is 0.197 e. The Kier molecular flexibility index (Phi) is 4.73. The van der Waals surface area contributed by atoms with Crippen molar-refractivity contribution in [2.24, 2.45) is 0 Å². The molecule has 1 aliphatic heterocycles. The van der Waals surface area contributed by atoms with Gasteiger partial charge in [-0.3, -0.25) is 0 Å². The van der Waals surface area contributed by atoms with Gasteiger partial charge in [0.25, 0.3) is 0 Å². The number of benzene rings is 1. The predicted octanol–water partition coefficient (Wildman–Crippen LogP) is 1.71. The van der Waals surface area contributed by atoms with E-state index in [0.717, 1.165) is 25.4 Å². The molecule has 2 rings (SSSR count). The molecule has 1 aromatic rings. The summed E-state index contributed by atoms with van der Waals surface area (Å²) in [4.78, 5) is 2.06. The minimum atomic E-state index is -3.49. The Labute approximate surface area is 124 Å². The van der Waals surface area contributed by atoms with Gasteiger partial charge in [-0.05, 0) is 19.2 Å². The Balaban J connectivity index is 2.25. The van der Waals surface area contributed by atoms with Crippen LogP contribution in [0.4, 0.5) is 4.39 Å². The molecule has 1 aliphatic rings. The maximum absolute atomic E-state index is 13.9. The Morgan fingerprint density at radius 1 is 1.33 bits per heavy atom. The highest BCUT2D eigenvalue weighted by molar-refractivity contribution is 7.90. The molecular weight excluding hydrogens is 297 g/mol. The molecule has 1 aromatic carbocycles. The predicted molar refractivity (Wildman–Crippen MR) is 77.2 cm³/mol. The van der Waals surface area contributed by atoms with Crippen molar-refractivity contribution in [3.63, 3.8) is 0 Å². The van der Waals surface area contributed by atoms with E-state index in [0.29, 0.717) is 6.54 Å². The molecule has 0 N–H and O–H groups in total. The first-order valence-electron chi connectivity index (χ1n) is 6.90. The van der Waals surface area contributed by atoms with Gasteiger partial charge in [0, 0.05) is 18.9 Å². The lowest BCUT2D eigenvalue weighted by molar-refractivity contribution is 0.0580. The van der Waals surface area contributed by atoms with Crippen LogP contribution < -0.4 is 9.47 Å². The average molecular weight is 317 g/mol. The van der Waals surface area contributed by atoms with Gasteiger partial charge in [0.1, 0.15) is 12.7 Å². The third kappa shape index (κ3) is 3.65. The standard InChI is InChI=1S/C14H20FNO4S/c1-4-16(5-2)8-10-9-19-14-12(15)6-11(21(3,17)18)7-13(14)20-10/h6-7,10H,4-5,8-9H2,1-3H3. The van der Waals surface area contributed by atoms with E-state index in [1.165, 1.54) is 6.07 Å². The first-order chi connectivity index (χ1) is 9.85. The first-order valence-corrected chi connectivity index (χ1v) is 8.79. The molecule has 0 fully saturated rings. The largest absolute Gasteiger partial charge is 0.483 e. The number of rotatable bonds is 5. The second-order valence-corrected chi connectivity index (χ2v) is 7.06. The zero-order valence-corrected chi connectivity index (χ0v) is 13.2. The van der Waals surface area contributed by atoms with E-state index < -0.39 is 15.7 Å². The Hall–Kier alpha value is -1.34. The van der Waals surface area contributed by atoms with Gasteiger partial charge in [-0.25, -0.2) is 12.8 Å². The molecule has 1 atom stereocenters. The van der Waals surface area contributed by atoms with Crippen molar-refractivity contribution in [1.29, 1.82) is 0 Å². The van der Waals surface area contributed by atoms with E-state index in [2.05, 4.69) is 4.90 Å². The molecule has 0 saturated heterocycles. The van der Waals surface area contributed by atoms with Crippen LogP contribution in [-0.2, 0) is 9.84 Å². The normalized spacial score (nSPS) is 18.0. The summed E-state index contributed by atoms with van der Waals surface area (Å²) >= 11 is 0. The van der Waals surface area contributed by atoms with Crippen LogP contribution in [-0.4, -0.2) is 51.9 Å². The fourth-order valence-electron chi connectivity index (χ4n) is 2.24. The van der Waals surface area contributed by atoms with Gasteiger partial charge in [-0.1, -0.05) is 13.8 Å². The van der Waals surface area contributed by atoms with Crippen molar-refractivity contribution in [3.05, 3.63) is 17.9 Å². The maximum Gasteiger partial charge on any atom is 0.197 e. The van der Waals surface area contributed by atoms with E-state index in [1.807, 2.05) is 13.8 Å². The molecule has 0 amide bonds. The SMILES string of the molecule is CCN(CC)CC1COc2c(F)cc(S(C)(=O)=O)cc2O1. The minimum absolute atomic E-state index is 0.0156. The van der Waals surface area contributed by atoms with Gasteiger partial charge in [-0.15, -0.1) is 0 Å². The summed E-state index contributed by atoms with van der Waals surface area (Å²) in [6, 6.07) is 2.28. The van der Waals surface area contributed by atoms with Gasteiger partial charge in [0.15, 0.2) is 27.2 Å². The van der Waals surface area contributed by atoms with Crippen molar-refractivity contribution >= 4 is 9.84 Å². The van der Waals surface area contributed by atoms with Crippen molar-refractivity contribution < 1.29 is 22.3 Å². The molecule has 5 nitrogen and oxygen atoms in total. The molecule has 0 spiro atoms. The van der Waals surface area contributed by atoms with Crippen LogP contribution in [0.25, 0.3) is 0 Å². The van der Waals surface area contributed by atoms with Crippen LogP contribution in [0.1, 0.15) is 13.8 Å². The van der Waals surface area contributed by atoms with Crippen LogP contribution in [0.2, 0.25) is 0 Å². The highest BCUT2D eigenvalue weighted by Gasteiger charge is 2.27. The van der Waals surface area contributed by atoms with Crippen LogP contribution in [0.3, 0.4) is 0 Å². The molecule has 1 heterocycles. The molecule has 1 unspecified atom stereocenters. The average Bonchev–Trinajstić information content (AvgIpc) is 2.43. The highest BCUT2D eigenvalue weighted by atomic mass is 32.2. The minimum Gasteiger partial charge on any atom is -0.483 e. The molecule has 7 heteroatoms. The summed E-state index contributed by atoms with van der Waals surface area (Å²) in [5, 5.41) is 0. The van der Waals surface area contributed by atoms with E-state index in [1.54, 1.807) is 0 Å². The van der Waals surface area contributed by atoms with Gasteiger partial charge in [0.2, 0.25) is 0 Å². The van der Waals surface area contributed by atoms with E-state index >= 15 is 0 Å². The second kappa shape index (κ2) is 6.19. The van der Waals surface area contributed by atoms with Crippen molar-refractivity contribution in [2.75, 3.05) is 32.5 Å². The lowest BCUT2D eigenvalue weighted by Crippen LogP contribution is -2.41. The number of fused-ring (bicyclic) bond motifs is 1. The van der Waals surface area contributed by atoms with Gasteiger partial charge >= 0.3 is 0 Å². The van der Waals surface area contributed by atoms with Crippen molar-refractivity contribution in [2.45, 2.75) is 24.8 Å². The van der Waals surface area contributed by atoms with E-state index in [4.69, 9.17) is 9.47 Å². The van der Waals surface area contributed by atoms with Crippen molar-refractivity contribution in [3.8, 4) is 11.5 Å². The molecular formula is C14H20FNO4S. The number of hydrogen-bond acceptors (Lipinski definition) is 5. The monoisotopic (exact) mass is 317 g/mol. The zero-order valence-electron chi connectivity index (χ0n) is 12.4. The summed E-state index contributed by atoms with van der Waals surface area (Å²) in [5.41, 5.74) is 0. The number of hydrogen-bond donors (Lipinski definition) is 0. The molecule has 118 valence electrons. The van der Waals surface area contributed by atoms with Crippen LogP contribution in [0, 0.1) is 5.82 Å². The Bertz CT molecular complexity index is 614. The van der Waals surface area contributed by atoms with Gasteiger partial charge < -0.3 is 14.4 Å². The van der Waals surface area contributed by atoms with Gasteiger partial charge in [0.05, 0.1) is 4.90 Å². The van der Waals surface area contributed by atoms with Crippen LogP contribution in [0.5, 0.6) is 11.5 Å². The molecule has 0 radical (unpaired) electrons. The second-order valence-electron chi connectivity index (χ2n) is 5.04. The summed E-state index contributed by atoms with van der Waals surface area (Å²) in [7, 11) is -3.49. The lowest BCUT2D eigenvalue weighted by Gasteiger charge is -2.30. The molecule has 0 saturated carbocycles. The maximum atomic E-state index is 13.9. The van der Waals surface area contributed by atoms with Crippen LogP contribution in [0.15, 0.2) is 17.0 Å². The topological polar surface area (TPSA) is 55.8 Å². The van der Waals surface area contributed by atoms with E-state index in [-0.39, 0.29) is 29.1 Å². The highest BCUT2D eigenvalue weighted by Crippen LogP contribution is 2.36. The Morgan fingerprint density at radius 3 is 2.57 bits per heavy atom. The quantitative estimate of drug-likeness (QED) is 0.827. The summed E-state index contributed by atoms with van der Waals surface area (Å²) < 4.78 is 48.1. The lowest BCUT2D eigenvalue weighted by atomic mass is 10.2. The number of sulfone groups is 1. The summed E-state index contributed by atoms with van der Waals surface area (Å²) in [6.45, 7) is 6.74. The third-order valence-electron chi connectivity index (χ3n) is 3.47. The number of halogens is 1. The van der Waals surface area contributed by atoms with Crippen LogP contribution >= 0.6 is 0 Å². The third-order valence-corrected chi connectivity index (χ3v) is 4.57. The van der Waals surface area contributed by atoms with E-state index in [9.17, 15) is 12.8 Å². The zero-order chi connectivity index (χ0) is 15.6. The molecule has 0 aromatic heterocycles. The number of likely N-dealkylation sites (N-methyl/N-ethyl adjacent to an activating group) is 1. The fourth-order valence-corrected chi connectivity index (χ4v) is 2.87. The fraction of sp³-hybridized carbons (Fsp3) is 0.571. The summed E-state index contributed by atoms with van der Waals surface area (Å²) in [6.07, 6.45) is 0.789. The summed E-state index contributed by atoms with van der Waals surface area (Å²) in [5.74, 6) is -0.578.